The lowest BCUT2D eigenvalue weighted by Gasteiger charge is -2.40. The van der Waals surface area contributed by atoms with Crippen LogP contribution >= 0.6 is 0 Å². The summed E-state index contributed by atoms with van der Waals surface area (Å²) in [5, 5.41) is 0.683. The molecular weight excluding hydrogens is 369 g/mol. The van der Waals surface area contributed by atoms with E-state index in [1.54, 1.807) is 6.07 Å². The zero-order valence-corrected chi connectivity index (χ0v) is 16.4. The number of fused-ring (bicyclic) bond motifs is 1. The van der Waals surface area contributed by atoms with Crippen LogP contribution in [0.2, 0.25) is 0 Å². The number of anilines is 1. The Morgan fingerprint density at radius 2 is 1.93 bits per heavy atom. The second-order valence-corrected chi connectivity index (χ2v) is 9.73. The van der Waals surface area contributed by atoms with E-state index in [2.05, 4.69) is 14.9 Å². The van der Waals surface area contributed by atoms with Crippen molar-refractivity contribution in [1.82, 2.24) is 14.3 Å². The lowest BCUT2D eigenvalue weighted by atomic mass is 9.78. The van der Waals surface area contributed by atoms with Gasteiger partial charge in [0.25, 0.3) is 0 Å². The molecule has 1 aromatic carbocycles. The van der Waals surface area contributed by atoms with Crippen LogP contribution in [0.25, 0.3) is 10.9 Å². The second kappa shape index (κ2) is 6.56. The first-order valence-corrected chi connectivity index (χ1v) is 11.0. The topological polar surface area (TPSA) is 82.4 Å². The quantitative estimate of drug-likeness (QED) is 0.867. The monoisotopic (exact) mass is 393 g/mol. The maximum Gasteiger partial charge on any atom is 0.165 e. The van der Waals surface area contributed by atoms with Crippen LogP contribution in [0.4, 0.5) is 10.2 Å². The fourth-order valence-corrected chi connectivity index (χ4v) is 5.20. The molecule has 1 N–H and O–H groups in total. The molecule has 1 unspecified atom stereocenters. The third-order valence-electron chi connectivity index (χ3n) is 5.91. The number of nitrogens with zero attached hydrogens (tertiary/aromatic N) is 4. The molecule has 0 saturated carbocycles. The van der Waals surface area contributed by atoms with E-state index >= 15 is 0 Å². The summed E-state index contributed by atoms with van der Waals surface area (Å²) in [5.41, 5.74) is 0.776. The molecule has 2 fully saturated rings. The molecule has 146 valence electrons. The third-order valence-corrected chi connectivity index (χ3v) is 7.20. The van der Waals surface area contributed by atoms with Crippen LogP contribution < -0.4 is 9.64 Å². The van der Waals surface area contributed by atoms with Gasteiger partial charge in [0.1, 0.15) is 22.1 Å². The summed E-state index contributed by atoms with van der Waals surface area (Å²) >= 11 is 0. The molecule has 2 aromatic rings. The van der Waals surface area contributed by atoms with Gasteiger partial charge in [-0.3, -0.25) is 0 Å². The molecule has 27 heavy (non-hydrogen) atoms. The summed E-state index contributed by atoms with van der Waals surface area (Å²) in [6, 6.07) is 3.04. The molecule has 2 aliphatic rings. The largest absolute Gasteiger partial charge is 0.494 e. The molecule has 0 radical (unpaired) electrons. The normalized spacial score (nSPS) is 22.3. The number of ether oxygens (including phenoxy) is 1. The van der Waals surface area contributed by atoms with Gasteiger partial charge in [0.15, 0.2) is 11.6 Å². The van der Waals surface area contributed by atoms with Crippen molar-refractivity contribution in [3.8, 4) is 5.75 Å². The summed E-state index contributed by atoms with van der Waals surface area (Å²) in [7, 11) is -1.20. The number of methoxy groups -OCH3 is 1. The highest BCUT2D eigenvalue weighted by atomic mass is 32.2. The van der Waals surface area contributed by atoms with E-state index in [1.165, 1.54) is 25.8 Å². The number of halogens is 1. The second-order valence-electron chi connectivity index (χ2n) is 7.60. The van der Waals surface area contributed by atoms with Crippen molar-refractivity contribution >= 4 is 26.6 Å². The highest BCUT2D eigenvalue weighted by molar-refractivity contribution is 7.89. The van der Waals surface area contributed by atoms with Gasteiger partial charge in [-0.1, -0.05) is 0 Å². The fourth-order valence-electron chi connectivity index (χ4n) is 4.24. The first kappa shape index (κ1) is 18.4. The van der Waals surface area contributed by atoms with Crippen LogP contribution in [0, 0.1) is 16.0 Å². The van der Waals surface area contributed by atoms with Crippen molar-refractivity contribution in [3.63, 3.8) is 0 Å². The predicted molar refractivity (Wildman–Crippen MR) is 103 cm³/mol. The van der Waals surface area contributed by atoms with Gasteiger partial charge >= 0.3 is 0 Å². The smallest absolute Gasteiger partial charge is 0.165 e. The summed E-state index contributed by atoms with van der Waals surface area (Å²) in [6.45, 7) is 3.04. The first-order chi connectivity index (χ1) is 12.8. The van der Waals surface area contributed by atoms with E-state index in [1.807, 2.05) is 4.31 Å². The van der Waals surface area contributed by atoms with Gasteiger partial charge in [0, 0.05) is 43.9 Å². The maximum absolute atomic E-state index is 14.2. The number of hydrogen-bond donors (Lipinski definition) is 1. The van der Waals surface area contributed by atoms with Gasteiger partial charge in [0.05, 0.1) is 12.6 Å². The zero-order valence-electron chi connectivity index (χ0n) is 15.6. The Hall–Kier alpha value is -2.00. The number of rotatable bonds is 3. The van der Waals surface area contributed by atoms with E-state index in [9.17, 15) is 8.60 Å². The van der Waals surface area contributed by atoms with Crippen LogP contribution in [0.5, 0.6) is 5.75 Å². The number of hydrogen-bond acceptors (Lipinski definition) is 6. The molecule has 2 saturated heterocycles. The molecular formula is C18H24FN5O2S. The van der Waals surface area contributed by atoms with Crippen molar-refractivity contribution in [2.45, 2.75) is 19.3 Å². The van der Waals surface area contributed by atoms with E-state index in [0.717, 1.165) is 51.3 Å². The van der Waals surface area contributed by atoms with Gasteiger partial charge in [-0.25, -0.2) is 27.7 Å². The molecule has 0 amide bonds. The lowest BCUT2D eigenvalue weighted by molar-refractivity contribution is 0.235. The van der Waals surface area contributed by atoms with Crippen LogP contribution in [0.3, 0.4) is 0 Å². The SMILES string of the molecule is COc1cc2ncnc(N3CCC4(CC3)CCN(S(C)(=N)=O)C4)c2cc1F. The molecule has 1 atom stereocenters. The highest BCUT2D eigenvalue weighted by Crippen LogP contribution is 2.42. The Balaban J connectivity index is 1.56. The van der Waals surface area contributed by atoms with Crippen molar-refractivity contribution in [1.29, 1.82) is 4.78 Å². The Morgan fingerprint density at radius 3 is 2.56 bits per heavy atom. The minimum Gasteiger partial charge on any atom is -0.494 e. The van der Waals surface area contributed by atoms with Crippen molar-refractivity contribution in [2.24, 2.45) is 5.41 Å². The van der Waals surface area contributed by atoms with Crippen molar-refractivity contribution in [2.75, 3.05) is 44.4 Å². The van der Waals surface area contributed by atoms with Crippen LogP contribution in [-0.2, 0) is 9.92 Å². The Bertz CT molecular complexity index is 973. The number of piperidine rings is 1. The lowest BCUT2D eigenvalue weighted by Crippen LogP contribution is -2.42. The minimum atomic E-state index is -2.64. The molecule has 1 aromatic heterocycles. The van der Waals surface area contributed by atoms with Gasteiger partial charge in [-0.15, -0.1) is 0 Å². The van der Waals surface area contributed by atoms with E-state index in [4.69, 9.17) is 9.52 Å². The number of benzene rings is 1. The zero-order chi connectivity index (χ0) is 19.2. The van der Waals surface area contributed by atoms with Crippen LogP contribution in [-0.4, -0.2) is 58.0 Å². The first-order valence-electron chi connectivity index (χ1n) is 9.03. The van der Waals surface area contributed by atoms with Crippen molar-refractivity contribution < 1.29 is 13.3 Å². The summed E-state index contributed by atoms with van der Waals surface area (Å²) in [6.07, 6.45) is 5.87. The van der Waals surface area contributed by atoms with Gasteiger partial charge < -0.3 is 9.64 Å². The van der Waals surface area contributed by atoms with E-state index < -0.39 is 15.7 Å². The maximum atomic E-state index is 14.2. The van der Waals surface area contributed by atoms with Crippen LogP contribution in [0.1, 0.15) is 19.3 Å². The summed E-state index contributed by atoms with van der Waals surface area (Å²) < 4.78 is 40.9. The molecule has 2 aliphatic heterocycles. The molecule has 3 heterocycles. The summed E-state index contributed by atoms with van der Waals surface area (Å²) in [4.78, 5) is 10.8. The Kier molecular flexibility index (Phi) is 4.46. The van der Waals surface area contributed by atoms with Crippen LogP contribution in [0.15, 0.2) is 18.5 Å². The van der Waals surface area contributed by atoms with E-state index in [0.29, 0.717) is 10.9 Å². The number of aromatic nitrogens is 2. The Morgan fingerprint density at radius 1 is 1.22 bits per heavy atom. The summed E-state index contributed by atoms with van der Waals surface area (Å²) in [5.74, 6) is 0.495. The molecule has 9 heteroatoms. The average Bonchev–Trinajstić information content (AvgIpc) is 3.06. The fraction of sp³-hybridized carbons (Fsp3) is 0.556. The molecule has 1 spiro atoms. The van der Waals surface area contributed by atoms with Gasteiger partial charge in [0.2, 0.25) is 0 Å². The number of nitrogens with one attached hydrogen (secondary N) is 1. The minimum absolute atomic E-state index is 0.119. The van der Waals surface area contributed by atoms with Gasteiger partial charge in [-0.05, 0) is 30.7 Å². The molecule has 0 aliphatic carbocycles. The molecule has 4 rings (SSSR count). The Labute approximate surface area is 158 Å². The average molecular weight is 393 g/mol. The highest BCUT2D eigenvalue weighted by Gasteiger charge is 2.42. The molecule has 7 nitrogen and oxygen atoms in total. The standard InChI is InChI=1S/C18H24FN5O2S/c1-26-16-10-15-13(9-14(16)19)17(22-12-21-15)23-6-3-18(4-7-23)5-8-24(11-18)27(2,20)25/h9-10,12,20H,3-8,11H2,1-2H3. The van der Waals surface area contributed by atoms with Gasteiger partial charge in [-0.2, -0.15) is 0 Å². The third kappa shape index (κ3) is 3.34. The van der Waals surface area contributed by atoms with Crippen molar-refractivity contribution in [3.05, 3.63) is 24.3 Å². The molecule has 0 bridgehead atoms. The predicted octanol–water partition coefficient (Wildman–Crippen LogP) is 2.66. The van der Waals surface area contributed by atoms with E-state index in [-0.39, 0.29) is 11.2 Å².